The third-order valence-electron chi connectivity index (χ3n) is 7.46. The summed E-state index contributed by atoms with van der Waals surface area (Å²) >= 11 is 0. The number of piperidine rings is 1. The van der Waals surface area contributed by atoms with Crippen molar-refractivity contribution in [3.63, 3.8) is 0 Å². The molecule has 40 heavy (non-hydrogen) atoms. The van der Waals surface area contributed by atoms with Crippen LogP contribution in [0.1, 0.15) is 72.6 Å². The fourth-order valence-electron chi connectivity index (χ4n) is 4.85. The van der Waals surface area contributed by atoms with Crippen molar-refractivity contribution < 1.29 is 19.2 Å². The Morgan fingerprint density at radius 2 is 1.62 bits per heavy atom. The van der Waals surface area contributed by atoms with Crippen LogP contribution in [0.4, 0.5) is 0 Å². The van der Waals surface area contributed by atoms with Crippen LogP contribution in [0.25, 0.3) is 0 Å². The van der Waals surface area contributed by atoms with E-state index < -0.39 is 0 Å². The van der Waals surface area contributed by atoms with Crippen molar-refractivity contribution in [3.8, 4) is 0 Å². The monoisotopic (exact) mass is 548 g/mol. The summed E-state index contributed by atoms with van der Waals surface area (Å²) in [5.41, 5.74) is 5.21. The number of carbonyl (C=O) groups excluding carboxylic acids is 4. The summed E-state index contributed by atoms with van der Waals surface area (Å²) in [6.45, 7) is 11.4. The van der Waals surface area contributed by atoms with E-state index in [1.165, 1.54) is 5.56 Å². The zero-order valence-electron chi connectivity index (χ0n) is 24.4. The fourth-order valence-corrected chi connectivity index (χ4v) is 4.85. The zero-order valence-corrected chi connectivity index (χ0v) is 24.4. The van der Waals surface area contributed by atoms with E-state index in [-0.39, 0.29) is 29.4 Å². The number of Topliss-reactive ketones (excluding diaryl/α,β-unsaturated/α-hetero) is 1. The van der Waals surface area contributed by atoms with Crippen LogP contribution in [0.15, 0.2) is 42.5 Å². The summed E-state index contributed by atoms with van der Waals surface area (Å²) in [4.78, 5) is 50.2. The normalized spacial score (nSPS) is 17.9. The number of carbonyl (C=O) groups is 4. The molecule has 0 spiro atoms. The Bertz CT molecular complexity index is 1170. The molecule has 0 bridgehead atoms. The molecule has 2 aromatic carbocycles. The second-order valence-electron chi connectivity index (χ2n) is 11.0. The summed E-state index contributed by atoms with van der Waals surface area (Å²) in [7, 11) is 2.17. The van der Waals surface area contributed by atoms with Crippen molar-refractivity contribution in [3.05, 3.63) is 70.3 Å². The van der Waals surface area contributed by atoms with E-state index in [2.05, 4.69) is 58.7 Å². The molecular weight excluding hydrogens is 504 g/mol. The molecular formula is C32H44N4O4. The van der Waals surface area contributed by atoms with Gasteiger partial charge in [0.05, 0.1) is 6.42 Å². The van der Waals surface area contributed by atoms with E-state index in [4.69, 9.17) is 0 Å². The van der Waals surface area contributed by atoms with Crippen molar-refractivity contribution in [1.29, 1.82) is 0 Å². The Hall–Kier alpha value is -3.36. The van der Waals surface area contributed by atoms with Gasteiger partial charge in [-0.2, -0.15) is 0 Å². The molecule has 0 aromatic heterocycles. The van der Waals surface area contributed by atoms with E-state index in [9.17, 15) is 19.2 Å². The van der Waals surface area contributed by atoms with E-state index in [0.29, 0.717) is 25.8 Å². The van der Waals surface area contributed by atoms with Crippen molar-refractivity contribution in [1.82, 2.24) is 20.4 Å². The van der Waals surface area contributed by atoms with E-state index >= 15 is 0 Å². The molecule has 4 rings (SSSR count). The summed E-state index contributed by atoms with van der Waals surface area (Å²) < 4.78 is 0. The molecule has 3 amide bonds. The number of imide groups is 1. The maximum atomic E-state index is 12.4. The Morgan fingerprint density at radius 3 is 2.23 bits per heavy atom. The second kappa shape index (κ2) is 15.4. The molecule has 2 N–H and O–H groups in total. The first-order valence-electron chi connectivity index (χ1n) is 14.4. The van der Waals surface area contributed by atoms with Crippen LogP contribution >= 0.6 is 0 Å². The van der Waals surface area contributed by atoms with Crippen LogP contribution in [0.3, 0.4) is 0 Å². The lowest BCUT2D eigenvalue weighted by molar-refractivity contribution is -0.135. The van der Waals surface area contributed by atoms with Gasteiger partial charge in [-0.15, -0.1) is 0 Å². The maximum absolute atomic E-state index is 12.4. The molecule has 2 aromatic rings. The highest BCUT2D eigenvalue weighted by molar-refractivity contribution is 5.98. The first-order chi connectivity index (χ1) is 19.1. The predicted molar refractivity (Wildman–Crippen MR) is 157 cm³/mol. The number of hydrogen-bond acceptors (Lipinski definition) is 6. The van der Waals surface area contributed by atoms with Gasteiger partial charge < -0.3 is 10.2 Å². The lowest BCUT2D eigenvalue weighted by Gasteiger charge is -2.32. The van der Waals surface area contributed by atoms with Gasteiger partial charge in [-0.3, -0.25) is 29.4 Å². The fraction of sp³-hybridized carbons (Fsp3) is 0.500. The van der Waals surface area contributed by atoms with Gasteiger partial charge in [-0.1, -0.05) is 62.7 Å². The molecule has 0 radical (unpaired) electrons. The number of likely N-dealkylation sites (N-methyl/N-ethyl adjacent to an activating group) is 1. The minimum absolute atomic E-state index is 0.0134. The highest BCUT2D eigenvalue weighted by atomic mass is 16.2. The third-order valence-corrected chi connectivity index (χ3v) is 7.46. The third kappa shape index (κ3) is 9.99. The van der Waals surface area contributed by atoms with Gasteiger partial charge in [-0.25, -0.2) is 0 Å². The van der Waals surface area contributed by atoms with Gasteiger partial charge in [0.1, 0.15) is 0 Å². The van der Waals surface area contributed by atoms with Crippen LogP contribution in [-0.4, -0.2) is 66.5 Å². The molecule has 2 heterocycles. The van der Waals surface area contributed by atoms with Crippen LogP contribution in [-0.2, 0) is 40.3 Å². The molecule has 2 aliphatic rings. The van der Waals surface area contributed by atoms with E-state index in [1.807, 2.05) is 25.1 Å². The number of ketones is 1. The van der Waals surface area contributed by atoms with Gasteiger partial charge in [0.15, 0.2) is 5.78 Å². The molecule has 8 heteroatoms. The Morgan fingerprint density at radius 1 is 0.975 bits per heavy atom. The number of aryl methyl sites for hydroxylation is 1. The largest absolute Gasteiger partial charge is 0.352 e. The molecule has 8 nitrogen and oxygen atoms in total. The molecule has 0 aliphatic carbocycles. The minimum Gasteiger partial charge on any atom is -0.352 e. The molecule has 1 atom stereocenters. The number of hydrogen-bond donors (Lipinski definition) is 2. The molecule has 1 unspecified atom stereocenters. The summed E-state index contributed by atoms with van der Waals surface area (Å²) in [6, 6.07) is 14.3. The van der Waals surface area contributed by atoms with Crippen LogP contribution in [0.2, 0.25) is 0 Å². The quantitative estimate of drug-likeness (QED) is 0.368. The number of nitrogens with one attached hydrogen (secondary N) is 2. The van der Waals surface area contributed by atoms with Gasteiger partial charge in [0.2, 0.25) is 17.7 Å². The highest BCUT2D eigenvalue weighted by Gasteiger charge is 2.21. The number of rotatable bonds is 9. The summed E-state index contributed by atoms with van der Waals surface area (Å²) in [5, 5.41) is 5.26. The average Bonchev–Trinajstić information content (AvgIpc) is 2.93. The molecule has 2 fully saturated rings. The van der Waals surface area contributed by atoms with E-state index in [1.54, 1.807) is 6.92 Å². The molecule has 0 saturated carbocycles. The van der Waals surface area contributed by atoms with Crippen LogP contribution in [0.5, 0.6) is 0 Å². The summed E-state index contributed by atoms with van der Waals surface area (Å²) in [6.07, 6.45) is 3.43. The molecule has 2 aliphatic heterocycles. The van der Waals surface area contributed by atoms with Crippen molar-refractivity contribution in [2.75, 3.05) is 33.2 Å². The SMILES string of the molecule is CC1CCC(=O)NC1=O.CCCc1cc(CNC(=O)Cc2ccc(CN3CCN(C)CC3)cc2)ccc1C(C)=O. The second-order valence-corrected chi connectivity index (χ2v) is 11.0. The van der Waals surface area contributed by atoms with Crippen molar-refractivity contribution in [2.24, 2.45) is 5.92 Å². The number of nitrogens with zero attached hydrogens (tertiary/aromatic N) is 2. The highest BCUT2D eigenvalue weighted by Crippen LogP contribution is 2.16. The first kappa shape index (κ1) is 31.2. The van der Waals surface area contributed by atoms with Crippen molar-refractivity contribution in [2.45, 2.75) is 66.0 Å². The number of amides is 3. The smallest absolute Gasteiger partial charge is 0.229 e. The lowest BCUT2D eigenvalue weighted by atomic mass is 9.98. The topological polar surface area (TPSA) is 98.8 Å². The zero-order chi connectivity index (χ0) is 29.1. The van der Waals surface area contributed by atoms with Crippen LogP contribution in [0, 0.1) is 5.92 Å². The van der Waals surface area contributed by atoms with Gasteiger partial charge >= 0.3 is 0 Å². The van der Waals surface area contributed by atoms with E-state index in [0.717, 1.165) is 67.8 Å². The molecule has 216 valence electrons. The Kier molecular flexibility index (Phi) is 12.0. The average molecular weight is 549 g/mol. The summed E-state index contributed by atoms with van der Waals surface area (Å²) in [5.74, 6) is -0.151. The van der Waals surface area contributed by atoms with Gasteiger partial charge in [0.25, 0.3) is 0 Å². The predicted octanol–water partition coefficient (Wildman–Crippen LogP) is 3.51. The van der Waals surface area contributed by atoms with Gasteiger partial charge in [0, 0.05) is 57.2 Å². The standard InChI is InChI=1S/C26H35N3O2.C6H9NO2/c1-4-5-24-16-23(10-11-25(24)20(2)30)18-27-26(31)17-21-6-8-22(9-7-21)19-29-14-12-28(3)13-15-29;1-4-2-3-5(8)7-6(4)9/h6-11,16H,4-5,12-15,17-19H2,1-3H3,(H,27,31);4H,2-3H2,1H3,(H,7,8,9). The Labute approximate surface area is 238 Å². The Balaban J connectivity index is 0.000000415. The van der Waals surface area contributed by atoms with Crippen molar-refractivity contribution >= 4 is 23.5 Å². The lowest BCUT2D eigenvalue weighted by Crippen LogP contribution is -2.43. The van der Waals surface area contributed by atoms with Gasteiger partial charge in [-0.05, 0) is 49.1 Å². The number of piperazine rings is 1. The maximum Gasteiger partial charge on any atom is 0.229 e. The minimum atomic E-state index is -0.141. The first-order valence-corrected chi connectivity index (χ1v) is 14.4. The van der Waals surface area contributed by atoms with Crippen LogP contribution < -0.4 is 10.6 Å². The molecule has 2 saturated heterocycles. The number of benzene rings is 2.